The van der Waals surface area contributed by atoms with Crippen molar-refractivity contribution in [3.05, 3.63) is 11.6 Å². The summed E-state index contributed by atoms with van der Waals surface area (Å²) in [5, 5.41) is 5.57. The lowest BCUT2D eigenvalue weighted by atomic mass is 9.69. The van der Waals surface area contributed by atoms with Crippen LogP contribution in [0.5, 0.6) is 0 Å². The van der Waals surface area contributed by atoms with E-state index in [1.54, 1.807) is 7.11 Å². The number of methoxy groups -OCH3 is 1. The molecule has 0 saturated carbocycles. The average molecular weight is 464 g/mol. The highest BCUT2D eigenvalue weighted by Crippen LogP contribution is 2.39. The Labute approximate surface area is 200 Å². The van der Waals surface area contributed by atoms with Crippen LogP contribution in [0.15, 0.2) is 11.6 Å². The molecule has 0 aromatic carbocycles. The van der Waals surface area contributed by atoms with E-state index in [4.69, 9.17) is 4.74 Å². The normalized spacial score (nSPS) is 29.1. The van der Waals surface area contributed by atoms with Gasteiger partial charge in [0.05, 0.1) is 13.2 Å². The number of nitrogens with one attached hydrogen (secondary N) is 1. The molecule has 3 N–H and O–H groups in total. The molecule has 0 aromatic heterocycles. The van der Waals surface area contributed by atoms with Gasteiger partial charge in [-0.3, -0.25) is 14.5 Å². The zero-order valence-electron chi connectivity index (χ0n) is 21.4. The van der Waals surface area contributed by atoms with Crippen LogP contribution in [-0.2, 0) is 14.3 Å². The summed E-state index contributed by atoms with van der Waals surface area (Å²) in [6.07, 6.45) is 8.96. The van der Waals surface area contributed by atoms with Crippen molar-refractivity contribution >= 4 is 11.8 Å². The molecule has 2 saturated heterocycles. The summed E-state index contributed by atoms with van der Waals surface area (Å²) in [6.45, 7) is 12.8. The van der Waals surface area contributed by atoms with Gasteiger partial charge in [0.25, 0.3) is 0 Å². The summed E-state index contributed by atoms with van der Waals surface area (Å²) in [6, 6.07) is 0. The number of allylic oxidation sites excluding steroid dienone is 1. The van der Waals surface area contributed by atoms with Gasteiger partial charge >= 0.3 is 0 Å². The molecule has 2 amide bonds. The zero-order valence-corrected chi connectivity index (χ0v) is 21.4. The van der Waals surface area contributed by atoms with Crippen molar-refractivity contribution in [1.82, 2.24) is 15.1 Å². The number of quaternary nitrogens is 1. The van der Waals surface area contributed by atoms with Crippen LogP contribution >= 0.6 is 0 Å². The SMILES string of the molecule is COCCC(=O)NCC1C=C(C)C(CC(=O)N2CCN(C3CCCC[NH2+]3)CC2)CC1C(C)C. The highest BCUT2D eigenvalue weighted by molar-refractivity contribution is 5.77. The molecule has 2 heterocycles. The minimum Gasteiger partial charge on any atom is -0.384 e. The van der Waals surface area contributed by atoms with E-state index in [1.807, 2.05) is 0 Å². The van der Waals surface area contributed by atoms with Gasteiger partial charge in [0.1, 0.15) is 6.17 Å². The second kappa shape index (κ2) is 12.9. The summed E-state index contributed by atoms with van der Waals surface area (Å²) < 4.78 is 5.01. The molecule has 3 rings (SSSR count). The fourth-order valence-electron chi connectivity index (χ4n) is 5.92. The first-order chi connectivity index (χ1) is 15.9. The lowest BCUT2D eigenvalue weighted by molar-refractivity contribution is -0.717. The predicted octanol–water partition coefficient (Wildman–Crippen LogP) is 1.60. The lowest BCUT2D eigenvalue weighted by Crippen LogP contribution is -2.95. The van der Waals surface area contributed by atoms with Crippen molar-refractivity contribution in [3.63, 3.8) is 0 Å². The van der Waals surface area contributed by atoms with Crippen LogP contribution in [0, 0.1) is 23.7 Å². The number of piperazine rings is 1. The molecular weight excluding hydrogens is 416 g/mol. The van der Waals surface area contributed by atoms with Crippen molar-refractivity contribution < 1.29 is 19.6 Å². The number of hydrogen-bond donors (Lipinski definition) is 2. The third-order valence-electron chi connectivity index (χ3n) is 8.10. The average Bonchev–Trinajstić information content (AvgIpc) is 2.83. The van der Waals surface area contributed by atoms with Crippen LogP contribution < -0.4 is 10.6 Å². The van der Waals surface area contributed by atoms with Gasteiger partial charge in [-0.05, 0) is 49.9 Å². The molecule has 4 unspecified atom stereocenters. The van der Waals surface area contributed by atoms with E-state index in [0.29, 0.717) is 61.7 Å². The molecule has 4 atom stereocenters. The molecule has 33 heavy (non-hydrogen) atoms. The van der Waals surface area contributed by atoms with Crippen LogP contribution in [0.25, 0.3) is 0 Å². The maximum Gasteiger partial charge on any atom is 0.223 e. The Balaban J connectivity index is 1.50. The highest BCUT2D eigenvalue weighted by Gasteiger charge is 2.34. The van der Waals surface area contributed by atoms with Crippen LogP contribution in [0.1, 0.15) is 59.3 Å². The van der Waals surface area contributed by atoms with Gasteiger partial charge in [-0.1, -0.05) is 25.5 Å². The molecule has 2 fully saturated rings. The second-order valence-corrected chi connectivity index (χ2v) is 10.7. The molecule has 7 nitrogen and oxygen atoms in total. The van der Waals surface area contributed by atoms with E-state index >= 15 is 0 Å². The molecule has 188 valence electrons. The van der Waals surface area contributed by atoms with E-state index in [2.05, 4.69) is 47.3 Å². The number of rotatable bonds is 9. The van der Waals surface area contributed by atoms with Crippen LogP contribution in [0.4, 0.5) is 0 Å². The monoisotopic (exact) mass is 463 g/mol. The topological polar surface area (TPSA) is 78.5 Å². The largest absolute Gasteiger partial charge is 0.384 e. The Morgan fingerprint density at radius 3 is 2.61 bits per heavy atom. The fourth-order valence-corrected chi connectivity index (χ4v) is 5.92. The Morgan fingerprint density at radius 2 is 1.97 bits per heavy atom. The minimum atomic E-state index is 0.0488. The number of ether oxygens (including phenoxy) is 1. The molecule has 3 aliphatic rings. The third kappa shape index (κ3) is 7.52. The second-order valence-electron chi connectivity index (χ2n) is 10.7. The van der Waals surface area contributed by atoms with Gasteiger partial charge in [-0.15, -0.1) is 0 Å². The van der Waals surface area contributed by atoms with E-state index in [9.17, 15) is 9.59 Å². The van der Waals surface area contributed by atoms with Crippen molar-refractivity contribution in [2.45, 2.75) is 65.5 Å². The quantitative estimate of drug-likeness (QED) is 0.509. The Kier molecular flexibility index (Phi) is 10.2. The van der Waals surface area contributed by atoms with Crippen LogP contribution in [0.2, 0.25) is 0 Å². The fraction of sp³-hybridized carbons (Fsp3) is 0.846. The first kappa shape index (κ1) is 26.2. The van der Waals surface area contributed by atoms with Crippen LogP contribution in [0.3, 0.4) is 0 Å². The first-order valence-electron chi connectivity index (χ1n) is 13.2. The maximum absolute atomic E-state index is 13.2. The van der Waals surface area contributed by atoms with E-state index in [1.165, 1.54) is 31.4 Å². The third-order valence-corrected chi connectivity index (χ3v) is 8.10. The zero-order chi connectivity index (χ0) is 23.8. The molecule has 0 bridgehead atoms. The summed E-state index contributed by atoms with van der Waals surface area (Å²) in [7, 11) is 1.62. The molecular formula is C26H47N4O3+. The molecule has 0 radical (unpaired) electrons. The number of amides is 2. The Hall–Kier alpha value is -1.44. The van der Waals surface area contributed by atoms with Gasteiger partial charge in [0.2, 0.25) is 11.8 Å². The first-order valence-corrected chi connectivity index (χ1v) is 13.2. The van der Waals surface area contributed by atoms with E-state index in [0.717, 1.165) is 32.6 Å². The Bertz CT molecular complexity index is 666. The summed E-state index contributed by atoms with van der Waals surface area (Å²) >= 11 is 0. The van der Waals surface area contributed by atoms with Gasteiger partial charge in [0, 0.05) is 59.1 Å². The van der Waals surface area contributed by atoms with E-state index < -0.39 is 0 Å². The number of piperidine rings is 1. The summed E-state index contributed by atoms with van der Waals surface area (Å²) in [4.78, 5) is 29.9. The minimum absolute atomic E-state index is 0.0488. The molecule has 1 aliphatic carbocycles. The lowest BCUT2D eigenvalue weighted by Gasteiger charge is -2.40. The van der Waals surface area contributed by atoms with Crippen molar-refractivity contribution in [2.24, 2.45) is 23.7 Å². The van der Waals surface area contributed by atoms with Crippen molar-refractivity contribution in [3.8, 4) is 0 Å². The number of carbonyl (C=O) groups is 2. The molecule has 0 aromatic rings. The smallest absolute Gasteiger partial charge is 0.223 e. The molecule has 2 aliphatic heterocycles. The van der Waals surface area contributed by atoms with Gasteiger partial charge in [0.15, 0.2) is 0 Å². The number of hydrogen-bond acceptors (Lipinski definition) is 4. The molecule has 7 heteroatoms. The van der Waals surface area contributed by atoms with Crippen molar-refractivity contribution in [2.75, 3.05) is 53.0 Å². The van der Waals surface area contributed by atoms with Gasteiger partial charge < -0.3 is 20.3 Å². The van der Waals surface area contributed by atoms with Crippen molar-refractivity contribution in [1.29, 1.82) is 0 Å². The molecule has 0 spiro atoms. The maximum atomic E-state index is 13.2. The van der Waals surface area contributed by atoms with E-state index in [-0.39, 0.29) is 5.91 Å². The number of nitrogens with two attached hydrogens (primary N) is 1. The standard InChI is InChI=1S/C26H46N4O3/c1-19(2)23-16-21(20(3)15-22(23)18-28-25(31)8-14-33-4)17-26(32)30-12-10-29(11-13-30)24-7-5-6-9-27-24/h15,19,21-24,27H,5-14,16-18H2,1-4H3,(H,28,31)/p+1. The highest BCUT2D eigenvalue weighted by atomic mass is 16.5. The van der Waals surface area contributed by atoms with Gasteiger partial charge in [-0.2, -0.15) is 0 Å². The number of nitrogens with zero attached hydrogens (tertiary/aromatic N) is 2. The van der Waals surface area contributed by atoms with Gasteiger partial charge in [-0.25, -0.2) is 0 Å². The summed E-state index contributed by atoms with van der Waals surface area (Å²) in [5.41, 5.74) is 1.31. The summed E-state index contributed by atoms with van der Waals surface area (Å²) in [5.74, 6) is 2.01. The predicted molar refractivity (Wildman–Crippen MR) is 130 cm³/mol. The van der Waals surface area contributed by atoms with Crippen LogP contribution in [-0.4, -0.2) is 80.8 Å². The number of carbonyl (C=O) groups excluding carboxylic acids is 2. The Morgan fingerprint density at radius 1 is 1.21 bits per heavy atom.